The van der Waals surface area contributed by atoms with Crippen LogP contribution in [0.2, 0.25) is 0 Å². The van der Waals surface area contributed by atoms with Crippen LogP contribution in [0.15, 0.2) is 22.7 Å². The highest BCUT2D eigenvalue weighted by atomic mass is 79.9. The first-order valence-electron chi connectivity index (χ1n) is 6.32. The molecule has 1 aliphatic heterocycles. The number of carbonyl (C=O) groups excluding carboxylic acids is 1. The molecule has 104 valence electrons. The Balaban J connectivity index is 2.07. The van der Waals surface area contributed by atoms with E-state index in [2.05, 4.69) is 20.8 Å². The maximum atomic E-state index is 13.1. The molecule has 1 saturated heterocycles. The number of piperidine rings is 1. The second-order valence-corrected chi connectivity index (χ2v) is 5.71. The van der Waals surface area contributed by atoms with Crippen molar-refractivity contribution in [2.75, 3.05) is 20.2 Å². The predicted molar refractivity (Wildman–Crippen MR) is 74.9 cm³/mol. The van der Waals surface area contributed by atoms with E-state index in [1.807, 2.05) is 12.1 Å². The number of likely N-dealkylation sites (tertiary alicyclic amines) is 1. The van der Waals surface area contributed by atoms with Crippen LogP contribution >= 0.6 is 15.9 Å². The number of rotatable bonds is 3. The Morgan fingerprint density at radius 3 is 2.74 bits per heavy atom. The lowest BCUT2D eigenvalue weighted by Gasteiger charge is -2.28. The highest BCUT2D eigenvalue weighted by Crippen LogP contribution is 2.20. The molecule has 19 heavy (non-hydrogen) atoms. The molecule has 0 atom stereocenters. The van der Waals surface area contributed by atoms with Crippen molar-refractivity contribution in [2.24, 2.45) is 0 Å². The summed E-state index contributed by atoms with van der Waals surface area (Å²) in [6.45, 7) is 2.26. The van der Waals surface area contributed by atoms with Crippen molar-refractivity contribution >= 4 is 21.9 Å². The number of methoxy groups -OCH3 is 1. The first kappa shape index (κ1) is 14.5. The largest absolute Gasteiger partial charge is 0.465 e. The maximum Gasteiger partial charge on any atom is 0.337 e. The molecule has 1 aromatic carbocycles. The SMILES string of the molecule is COC(=O)c1cc(Br)cc(CN2CCC(F)CC2)c1. The Kier molecular flexibility index (Phi) is 4.93. The number of hydrogen-bond donors (Lipinski definition) is 0. The van der Waals surface area contributed by atoms with Crippen LogP contribution in [0.1, 0.15) is 28.8 Å². The number of esters is 1. The van der Waals surface area contributed by atoms with Crippen molar-refractivity contribution in [3.8, 4) is 0 Å². The lowest BCUT2D eigenvalue weighted by Crippen LogP contribution is -2.33. The van der Waals surface area contributed by atoms with Gasteiger partial charge < -0.3 is 4.74 Å². The summed E-state index contributed by atoms with van der Waals surface area (Å²) >= 11 is 3.40. The zero-order valence-corrected chi connectivity index (χ0v) is 12.5. The Bertz CT molecular complexity index is 459. The maximum absolute atomic E-state index is 13.1. The smallest absolute Gasteiger partial charge is 0.337 e. The van der Waals surface area contributed by atoms with Gasteiger partial charge in [-0.15, -0.1) is 0 Å². The minimum Gasteiger partial charge on any atom is -0.465 e. The van der Waals surface area contributed by atoms with Gasteiger partial charge in [-0.2, -0.15) is 0 Å². The van der Waals surface area contributed by atoms with Crippen LogP contribution in [0, 0.1) is 0 Å². The van der Waals surface area contributed by atoms with Gasteiger partial charge in [-0.1, -0.05) is 15.9 Å². The molecule has 0 radical (unpaired) electrons. The van der Waals surface area contributed by atoms with Crippen LogP contribution in [0.25, 0.3) is 0 Å². The molecule has 1 aliphatic rings. The van der Waals surface area contributed by atoms with E-state index in [0.29, 0.717) is 18.4 Å². The molecular formula is C14H17BrFNO2. The Labute approximate surface area is 120 Å². The Hall–Kier alpha value is -0.940. The lowest BCUT2D eigenvalue weighted by molar-refractivity contribution is 0.0600. The summed E-state index contributed by atoms with van der Waals surface area (Å²) in [7, 11) is 1.37. The molecule has 0 N–H and O–H groups in total. The molecule has 3 nitrogen and oxygen atoms in total. The molecule has 1 fully saturated rings. The molecule has 0 unspecified atom stereocenters. The fourth-order valence-corrected chi connectivity index (χ4v) is 2.84. The number of benzene rings is 1. The topological polar surface area (TPSA) is 29.5 Å². The van der Waals surface area contributed by atoms with Gasteiger partial charge in [0.15, 0.2) is 0 Å². The predicted octanol–water partition coefficient (Wildman–Crippen LogP) is 3.17. The number of nitrogens with zero attached hydrogens (tertiary/aromatic N) is 1. The first-order chi connectivity index (χ1) is 9.08. The molecule has 1 aromatic rings. The van der Waals surface area contributed by atoms with Gasteiger partial charge in [-0.3, -0.25) is 4.90 Å². The average Bonchev–Trinajstić information content (AvgIpc) is 2.40. The zero-order chi connectivity index (χ0) is 13.8. The van der Waals surface area contributed by atoms with E-state index in [1.54, 1.807) is 6.07 Å². The van der Waals surface area contributed by atoms with Gasteiger partial charge in [0.25, 0.3) is 0 Å². The van der Waals surface area contributed by atoms with Crippen molar-refractivity contribution in [2.45, 2.75) is 25.6 Å². The summed E-state index contributed by atoms with van der Waals surface area (Å²) in [6.07, 6.45) is 0.528. The second-order valence-electron chi connectivity index (χ2n) is 4.79. The van der Waals surface area contributed by atoms with E-state index >= 15 is 0 Å². The van der Waals surface area contributed by atoms with E-state index in [9.17, 15) is 9.18 Å². The van der Waals surface area contributed by atoms with Gasteiger partial charge in [0, 0.05) is 24.1 Å². The van der Waals surface area contributed by atoms with Crippen LogP contribution in [0.3, 0.4) is 0 Å². The first-order valence-corrected chi connectivity index (χ1v) is 7.12. The van der Waals surface area contributed by atoms with Crippen LogP contribution in [-0.2, 0) is 11.3 Å². The Morgan fingerprint density at radius 1 is 1.42 bits per heavy atom. The third kappa shape index (κ3) is 4.01. The van der Waals surface area contributed by atoms with Gasteiger partial charge in [0.2, 0.25) is 0 Å². The Morgan fingerprint density at radius 2 is 2.11 bits per heavy atom. The normalized spacial score (nSPS) is 17.4. The summed E-state index contributed by atoms with van der Waals surface area (Å²) in [5, 5.41) is 0. The van der Waals surface area contributed by atoms with E-state index in [0.717, 1.165) is 29.7 Å². The van der Waals surface area contributed by atoms with E-state index in [4.69, 9.17) is 4.74 Å². The summed E-state index contributed by atoms with van der Waals surface area (Å²) in [6, 6.07) is 5.55. The van der Waals surface area contributed by atoms with Crippen LogP contribution in [-0.4, -0.2) is 37.2 Å². The number of ether oxygens (including phenoxy) is 1. The number of hydrogen-bond acceptors (Lipinski definition) is 3. The molecule has 0 aliphatic carbocycles. The molecule has 0 aromatic heterocycles. The minimum absolute atomic E-state index is 0.343. The van der Waals surface area contributed by atoms with Gasteiger partial charge in [0.1, 0.15) is 6.17 Å². The molecule has 0 spiro atoms. The van der Waals surface area contributed by atoms with Crippen LogP contribution in [0.4, 0.5) is 4.39 Å². The van der Waals surface area contributed by atoms with Gasteiger partial charge >= 0.3 is 5.97 Å². The second kappa shape index (κ2) is 6.48. The fraction of sp³-hybridized carbons (Fsp3) is 0.500. The zero-order valence-electron chi connectivity index (χ0n) is 10.9. The lowest BCUT2D eigenvalue weighted by atomic mass is 10.1. The number of halogens is 2. The highest BCUT2D eigenvalue weighted by molar-refractivity contribution is 9.10. The quantitative estimate of drug-likeness (QED) is 0.798. The number of alkyl halides is 1. The molecular weight excluding hydrogens is 313 g/mol. The van der Waals surface area contributed by atoms with Gasteiger partial charge in [0.05, 0.1) is 12.7 Å². The number of carbonyl (C=O) groups is 1. The summed E-state index contributed by atoms with van der Waals surface area (Å²) in [4.78, 5) is 13.8. The molecule has 0 saturated carbocycles. The van der Waals surface area contributed by atoms with Gasteiger partial charge in [-0.05, 0) is 36.6 Å². The van der Waals surface area contributed by atoms with Crippen molar-refractivity contribution in [1.82, 2.24) is 4.90 Å². The summed E-state index contributed by atoms with van der Waals surface area (Å²) in [5.41, 5.74) is 1.57. The fourth-order valence-electron chi connectivity index (χ4n) is 2.30. The molecule has 5 heteroatoms. The summed E-state index contributed by atoms with van der Waals surface area (Å²) in [5.74, 6) is -0.343. The summed E-state index contributed by atoms with van der Waals surface area (Å²) < 4.78 is 18.7. The molecule has 0 amide bonds. The van der Waals surface area contributed by atoms with E-state index < -0.39 is 6.17 Å². The van der Waals surface area contributed by atoms with Crippen molar-refractivity contribution < 1.29 is 13.9 Å². The monoisotopic (exact) mass is 329 g/mol. The van der Waals surface area contributed by atoms with Crippen molar-refractivity contribution in [3.63, 3.8) is 0 Å². The molecule has 2 rings (SSSR count). The van der Waals surface area contributed by atoms with Crippen LogP contribution in [0.5, 0.6) is 0 Å². The third-order valence-electron chi connectivity index (χ3n) is 3.30. The minimum atomic E-state index is -0.663. The van der Waals surface area contributed by atoms with Crippen molar-refractivity contribution in [3.05, 3.63) is 33.8 Å². The van der Waals surface area contributed by atoms with E-state index in [-0.39, 0.29) is 5.97 Å². The van der Waals surface area contributed by atoms with Gasteiger partial charge in [-0.25, -0.2) is 9.18 Å². The molecule has 1 heterocycles. The molecule has 0 bridgehead atoms. The van der Waals surface area contributed by atoms with E-state index in [1.165, 1.54) is 7.11 Å². The standard InChI is InChI=1S/C14H17BrFNO2/c1-19-14(18)11-6-10(7-12(15)8-11)9-17-4-2-13(16)3-5-17/h6-8,13H,2-5,9H2,1H3. The average molecular weight is 330 g/mol. The van der Waals surface area contributed by atoms with Crippen molar-refractivity contribution in [1.29, 1.82) is 0 Å². The van der Waals surface area contributed by atoms with Crippen LogP contribution < -0.4 is 0 Å². The third-order valence-corrected chi connectivity index (χ3v) is 3.76. The highest BCUT2D eigenvalue weighted by Gasteiger charge is 2.18.